The first-order valence-corrected chi connectivity index (χ1v) is 8.44. The third-order valence-electron chi connectivity index (χ3n) is 4.18. The molecule has 0 spiro atoms. The second-order valence-electron chi connectivity index (χ2n) is 6.24. The van der Waals surface area contributed by atoms with Gasteiger partial charge in [0, 0.05) is 0 Å². The van der Waals surface area contributed by atoms with Crippen LogP contribution in [0.1, 0.15) is 18.2 Å². The number of nitrogens with zero attached hydrogens (tertiary/aromatic N) is 6. The molecule has 10 heteroatoms. The highest BCUT2D eigenvalue weighted by Gasteiger charge is 2.23. The van der Waals surface area contributed by atoms with Gasteiger partial charge in [-0.1, -0.05) is 25.1 Å². The molecule has 2 aromatic heterocycles. The summed E-state index contributed by atoms with van der Waals surface area (Å²) in [6.45, 7) is 3.52. The lowest BCUT2D eigenvalue weighted by Gasteiger charge is -2.13. The average molecular weight is 379 g/mol. The Morgan fingerprint density at radius 1 is 1.39 bits per heavy atom. The zero-order valence-corrected chi connectivity index (χ0v) is 15.2. The Morgan fingerprint density at radius 3 is 2.71 bits per heavy atom. The van der Waals surface area contributed by atoms with Crippen molar-refractivity contribution < 1.29 is 9.72 Å². The number of hydrogen-bond acceptors (Lipinski definition) is 6. The predicted octanol–water partition coefficient (Wildman–Crippen LogP) is 2.43. The number of aromatic nitrogens is 4. The van der Waals surface area contributed by atoms with E-state index in [9.17, 15) is 20.2 Å². The highest BCUT2D eigenvalue weighted by molar-refractivity contribution is 5.93. The molecule has 0 saturated heterocycles. The van der Waals surface area contributed by atoms with Crippen molar-refractivity contribution in [3.8, 4) is 11.8 Å². The van der Waals surface area contributed by atoms with Crippen LogP contribution in [0.4, 0.5) is 11.6 Å². The van der Waals surface area contributed by atoms with Gasteiger partial charge in [0.2, 0.25) is 5.91 Å². The monoisotopic (exact) mass is 379 g/mol. The van der Waals surface area contributed by atoms with Gasteiger partial charge in [-0.15, -0.1) is 0 Å². The number of benzene rings is 1. The Balaban J connectivity index is 1.80. The summed E-state index contributed by atoms with van der Waals surface area (Å²) in [4.78, 5) is 23.0. The summed E-state index contributed by atoms with van der Waals surface area (Å²) in [5, 5.41) is 31.0. The van der Waals surface area contributed by atoms with E-state index in [1.807, 2.05) is 24.3 Å². The van der Waals surface area contributed by atoms with E-state index in [2.05, 4.69) is 15.5 Å². The number of nitrogens with one attached hydrogen (secondary N) is 1. The lowest BCUT2D eigenvalue weighted by Crippen LogP contribution is -2.26. The molecule has 0 aliphatic rings. The summed E-state index contributed by atoms with van der Waals surface area (Å²) in [5.41, 5.74) is 1.51. The van der Waals surface area contributed by atoms with Crippen LogP contribution in [-0.2, 0) is 11.3 Å². The lowest BCUT2D eigenvalue weighted by molar-refractivity contribution is -0.389. The van der Waals surface area contributed by atoms with Gasteiger partial charge in [-0.2, -0.15) is 15.0 Å². The first kappa shape index (κ1) is 18.8. The summed E-state index contributed by atoms with van der Waals surface area (Å²) < 4.78 is 2.90. The Labute approximate surface area is 160 Å². The highest BCUT2D eigenvalue weighted by Crippen LogP contribution is 2.21. The average Bonchev–Trinajstić information content (AvgIpc) is 3.26. The number of carbonyl (C=O) groups is 1. The lowest BCUT2D eigenvalue weighted by atomic mass is 10.1. The number of aryl methyl sites for hydroxylation is 1. The number of nitriles is 1. The summed E-state index contributed by atoms with van der Waals surface area (Å²) >= 11 is 0. The van der Waals surface area contributed by atoms with E-state index >= 15 is 0 Å². The van der Waals surface area contributed by atoms with Crippen LogP contribution >= 0.6 is 0 Å². The van der Waals surface area contributed by atoms with E-state index in [4.69, 9.17) is 0 Å². The molecule has 28 heavy (non-hydrogen) atoms. The van der Waals surface area contributed by atoms with Crippen molar-refractivity contribution in [2.75, 3.05) is 5.32 Å². The number of anilines is 1. The van der Waals surface area contributed by atoms with Crippen molar-refractivity contribution in [1.29, 1.82) is 5.26 Å². The molecule has 1 amide bonds. The fourth-order valence-corrected chi connectivity index (χ4v) is 2.66. The molecule has 1 aromatic carbocycles. The van der Waals surface area contributed by atoms with Crippen molar-refractivity contribution in [3.63, 3.8) is 0 Å². The number of nitro groups is 1. The Kier molecular flexibility index (Phi) is 5.17. The van der Waals surface area contributed by atoms with Gasteiger partial charge in [-0.3, -0.25) is 4.79 Å². The number of carbonyl (C=O) groups excluding carboxylic acids is 1. The molecule has 2 heterocycles. The fraction of sp³-hybridized carbons (Fsp3) is 0.222. The zero-order valence-electron chi connectivity index (χ0n) is 15.2. The minimum atomic E-state index is -0.578. The molecule has 0 fully saturated rings. The van der Waals surface area contributed by atoms with Crippen LogP contribution in [-0.4, -0.2) is 30.4 Å². The van der Waals surface area contributed by atoms with Gasteiger partial charge in [0.15, 0.2) is 5.82 Å². The summed E-state index contributed by atoms with van der Waals surface area (Å²) in [5.74, 6) is -0.900. The van der Waals surface area contributed by atoms with Crippen molar-refractivity contribution in [3.05, 3.63) is 64.0 Å². The van der Waals surface area contributed by atoms with Crippen molar-refractivity contribution in [2.24, 2.45) is 5.92 Å². The second kappa shape index (κ2) is 7.71. The Hall–Kier alpha value is -4.00. The van der Waals surface area contributed by atoms with Crippen LogP contribution in [0.25, 0.3) is 5.69 Å². The molecular formula is C18H17N7O3. The molecule has 10 nitrogen and oxygen atoms in total. The van der Waals surface area contributed by atoms with E-state index in [0.717, 1.165) is 0 Å². The predicted molar refractivity (Wildman–Crippen MR) is 99.7 cm³/mol. The van der Waals surface area contributed by atoms with Crippen LogP contribution in [0.15, 0.2) is 42.6 Å². The minimum Gasteiger partial charge on any atom is -0.358 e. The van der Waals surface area contributed by atoms with Gasteiger partial charge in [-0.05, 0) is 24.0 Å². The maximum atomic E-state index is 12.7. The zero-order chi connectivity index (χ0) is 20.3. The van der Waals surface area contributed by atoms with E-state index < -0.39 is 10.8 Å². The van der Waals surface area contributed by atoms with Crippen molar-refractivity contribution in [2.45, 2.75) is 20.4 Å². The second-order valence-corrected chi connectivity index (χ2v) is 6.24. The Bertz CT molecular complexity index is 1060. The molecule has 0 bridgehead atoms. The number of hydrogen-bond donors (Lipinski definition) is 1. The summed E-state index contributed by atoms with van der Waals surface area (Å²) in [6.07, 6.45) is 1.38. The molecule has 3 rings (SSSR count). The molecule has 3 aromatic rings. The van der Waals surface area contributed by atoms with E-state index in [1.54, 1.807) is 26.0 Å². The normalized spacial score (nSPS) is 11.6. The van der Waals surface area contributed by atoms with Gasteiger partial charge in [0.05, 0.1) is 41.2 Å². The van der Waals surface area contributed by atoms with Gasteiger partial charge in [0.1, 0.15) is 11.6 Å². The first-order valence-electron chi connectivity index (χ1n) is 8.44. The molecule has 1 atom stereocenters. The van der Waals surface area contributed by atoms with Crippen LogP contribution < -0.4 is 5.32 Å². The standard InChI is InChI=1S/C18H17N7O3/c1-12(11-23-13(2)8-16(22-23)25(27)28)18(26)21-17-14(9-19)10-20-24(17)15-6-4-3-5-7-15/h3-8,10,12H,11H2,1-2H3,(H,21,26). The quantitative estimate of drug-likeness (QED) is 0.517. The minimum absolute atomic E-state index is 0.160. The molecule has 0 radical (unpaired) electrons. The topological polar surface area (TPSA) is 132 Å². The van der Waals surface area contributed by atoms with Gasteiger partial charge >= 0.3 is 5.82 Å². The number of amides is 1. The third-order valence-corrected chi connectivity index (χ3v) is 4.18. The van der Waals surface area contributed by atoms with Crippen LogP contribution in [0.5, 0.6) is 0 Å². The third kappa shape index (κ3) is 3.73. The van der Waals surface area contributed by atoms with E-state index in [-0.39, 0.29) is 29.7 Å². The molecule has 0 saturated carbocycles. The van der Waals surface area contributed by atoms with Crippen molar-refractivity contribution >= 4 is 17.5 Å². The summed E-state index contributed by atoms with van der Waals surface area (Å²) in [7, 11) is 0. The largest absolute Gasteiger partial charge is 0.390 e. The van der Waals surface area contributed by atoms with Crippen molar-refractivity contribution in [1.82, 2.24) is 19.6 Å². The van der Waals surface area contributed by atoms with E-state index in [1.165, 1.54) is 21.6 Å². The van der Waals surface area contributed by atoms with E-state index in [0.29, 0.717) is 11.4 Å². The molecule has 0 aliphatic carbocycles. The molecule has 142 valence electrons. The van der Waals surface area contributed by atoms with Gasteiger partial charge in [-0.25, -0.2) is 4.68 Å². The number of para-hydroxylation sites is 1. The van der Waals surface area contributed by atoms with Gasteiger partial charge in [0.25, 0.3) is 0 Å². The number of rotatable bonds is 6. The van der Waals surface area contributed by atoms with Crippen LogP contribution in [0.3, 0.4) is 0 Å². The van der Waals surface area contributed by atoms with Crippen LogP contribution in [0.2, 0.25) is 0 Å². The molecule has 1 N–H and O–H groups in total. The van der Waals surface area contributed by atoms with Gasteiger partial charge < -0.3 is 15.4 Å². The SMILES string of the molecule is Cc1cc([N+](=O)[O-])nn1CC(C)C(=O)Nc1c(C#N)cnn1-c1ccccc1. The maximum Gasteiger partial charge on any atom is 0.390 e. The fourth-order valence-electron chi connectivity index (χ4n) is 2.66. The Morgan fingerprint density at radius 2 is 2.11 bits per heavy atom. The smallest absolute Gasteiger partial charge is 0.358 e. The molecule has 0 aliphatic heterocycles. The highest BCUT2D eigenvalue weighted by atomic mass is 16.6. The summed E-state index contributed by atoms with van der Waals surface area (Å²) in [6, 6.07) is 12.5. The maximum absolute atomic E-state index is 12.7. The first-order chi connectivity index (χ1) is 13.4. The molecule has 1 unspecified atom stereocenters. The van der Waals surface area contributed by atoms with Crippen LogP contribution in [0, 0.1) is 34.3 Å². The molecular weight excluding hydrogens is 362 g/mol.